The Hall–Kier alpha value is -1.10. The van der Waals surface area contributed by atoms with Crippen LogP contribution in [0.15, 0.2) is 0 Å². The van der Waals surface area contributed by atoms with E-state index in [1.807, 2.05) is 0 Å². The van der Waals surface area contributed by atoms with Crippen molar-refractivity contribution in [3.05, 3.63) is 0 Å². The number of carboxylic acid groups (broad SMARTS) is 1. The third-order valence-electron chi connectivity index (χ3n) is 1.62. The van der Waals surface area contributed by atoms with E-state index in [0.29, 0.717) is 6.54 Å². The average Bonchev–Trinajstić information content (AvgIpc) is 1.95. The van der Waals surface area contributed by atoms with Gasteiger partial charge in [-0.2, -0.15) is 0 Å². The van der Waals surface area contributed by atoms with E-state index in [9.17, 15) is 9.59 Å². The minimum atomic E-state index is -1.70. The van der Waals surface area contributed by atoms with E-state index in [1.54, 1.807) is 0 Å². The number of hydrogen-bond acceptors (Lipinski definition) is 3. The summed E-state index contributed by atoms with van der Waals surface area (Å²) in [5, 5.41) is 11.0. The van der Waals surface area contributed by atoms with Gasteiger partial charge in [-0.15, -0.1) is 0 Å². The number of ether oxygens (including phenoxy) is 1. The lowest BCUT2D eigenvalue weighted by molar-refractivity contribution is -0.175. The Kier molecular flexibility index (Phi) is 1.82. The van der Waals surface area contributed by atoms with E-state index in [0.717, 1.165) is 0 Å². The fourth-order valence-electron chi connectivity index (χ4n) is 0.813. The Morgan fingerprint density at radius 1 is 1.82 bits per heavy atom. The molecule has 1 amide bonds. The smallest absolute Gasteiger partial charge is 0.345 e. The molecule has 1 rings (SSSR count). The Bertz CT molecular complexity index is 203. The molecule has 1 atom stereocenters. The van der Waals surface area contributed by atoms with E-state index in [2.05, 4.69) is 5.32 Å². The summed E-state index contributed by atoms with van der Waals surface area (Å²) in [7, 11) is 0. The first-order valence-corrected chi connectivity index (χ1v) is 3.23. The third-order valence-corrected chi connectivity index (χ3v) is 1.62. The number of morpholine rings is 1. The molecule has 1 fully saturated rings. The molecule has 0 aliphatic carbocycles. The maximum absolute atomic E-state index is 10.9. The van der Waals surface area contributed by atoms with Gasteiger partial charge in [0.15, 0.2) is 0 Å². The van der Waals surface area contributed by atoms with Crippen molar-refractivity contribution in [3.63, 3.8) is 0 Å². The van der Waals surface area contributed by atoms with Crippen molar-refractivity contribution < 1.29 is 19.4 Å². The summed E-state index contributed by atoms with van der Waals surface area (Å²) in [6, 6.07) is 0. The van der Waals surface area contributed by atoms with Crippen LogP contribution in [0.2, 0.25) is 0 Å². The summed E-state index contributed by atoms with van der Waals surface area (Å²) >= 11 is 0. The van der Waals surface area contributed by atoms with Gasteiger partial charge in [0.1, 0.15) is 0 Å². The molecule has 0 aromatic heterocycles. The van der Waals surface area contributed by atoms with Gasteiger partial charge in [-0.1, -0.05) is 0 Å². The standard InChI is InChI=1S/C6H9NO4/c1-6(5(9)10)4(8)7-2-3-11-6/h2-3H2,1H3,(H,7,8)(H,9,10). The first kappa shape index (κ1) is 8.00. The van der Waals surface area contributed by atoms with Crippen molar-refractivity contribution in [3.8, 4) is 0 Å². The van der Waals surface area contributed by atoms with Crippen LogP contribution in [0.5, 0.6) is 0 Å². The molecule has 2 N–H and O–H groups in total. The molecular weight excluding hydrogens is 150 g/mol. The third kappa shape index (κ3) is 1.19. The van der Waals surface area contributed by atoms with Crippen LogP contribution < -0.4 is 5.32 Å². The van der Waals surface area contributed by atoms with E-state index in [4.69, 9.17) is 9.84 Å². The zero-order valence-corrected chi connectivity index (χ0v) is 6.09. The summed E-state index contributed by atoms with van der Waals surface area (Å²) in [6.07, 6.45) is 0. The number of rotatable bonds is 1. The van der Waals surface area contributed by atoms with Crippen molar-refractivity contribution in [2.75, 3.05) is 13.2 Å². The lowest BCUT2D eigenvalue weighted by Gasteiger charge is -2.28. The highest BCUT2D eigenvalue weighted by molar-refractivity contribution is 6.05. The van der Waals surface area contributed by atoms with Crippen molar-refractivity contribution in [2.45, 2.75) is 12.5 Å². The Morgan fingerprint density at radius 3 is 2.82 bits per heavy atom. The number of aliphatic carboxylic acids is 1. The highest BCUT2D eigenvalue weighted by Gasteiger charge is 2.44. The molecule has 11 heavy (non-hydrogen) atoms. The van der Waals surface area contributed by atoms with E-state index in [1.165, 1.54) is 6.92 Å². The zero-order chi connectivity index (χ0) is 8.48. The SMILES string of the molecule is CC1(C(=O)O)OCCNC1=O. The Labute approximate surface area is 63.3 Å². The topological polar surface area (TPSA) is 75.6 Å². The molecule has 5 nitrogen and oxygen atoms in total. The lowest BCUT2D eigenvalue weighted by Crippen LogP contribution is -2.57. The van der Waals surface area contributed by atoms with Gasteiger partial charge in [0.05, 0.1) is 6.61 Å². The van der Waals surface area contributed by atoms with Gasteiger partial charge in [0.2, 0.25) is 5.60 Å². The van der Waals surface area contributed by atoms with Crippen molar-refractivity contribution in [2.24, 2.45) is 0 Å². The van der Waals surface area contributed by atoms with Crippen LogP contribution in [0.1, 0.15) is 6.92 Å². The number of carboxylic acids is 1. The maximum Gasteiger partial charge on any atom is 0.345 e. The van der Waals surface area contributed by atoms with E-state index in [-0.39, 0.29) is 6.61 Å². The molecule has 1 heterocycles. The second-order valence-electron chi connectivity index (χ2n) is 2.44. The van der Waals surface area contributed by atoms with Crippen LogP contribution in [0.25, 0.3) is 0 Å². The van der Waals surface area contributed by atoms with Crippen LogP contribution in [-0.2, 0) is 14.3 Å². The molecule has 0 saturated carbocycles. The fraction of sp³-hybridized carbons (Fsp3) is 0.667. The number of carbonyl (C=O) groups is 2. The van der Waals surface area contributed by atoms with Crippen molar-refractivity contribution in [1.29, 1.82) is 0 Å². The van der Waals surface area contributed by atoms with Gasteiger partial charge < -0.3 is 15.2 Å². The summed E-state index contributed by atoms with van der Waals surface area (Å²) < 4.78 is 4.83. The van der Waals surface area contributed by atoms with Gasteiger partial charge >= 0.3 is 5.97 Å². The number of amides is 1. The molecular formula is C6H9NO4. The lowest BCUT2D eigenvalue weighted by atomic mass is 10.1. The second kappa shape index (κ2) is 2.50. The monoisotopic (exact) mass is 159 g/mol. The summed E-state index contributed by atoms with van der Waals surface area (Å²) in [5.41, 5.74) is -1.70. The minimum Gasteiger partial charge on any atom is -0.479 e. The number of carbonyl (C=O) groups excluding carboxylic acids is 1. The summed E-state index contributed by atoms with van der Waals surface area (Å²) in [6.45, 7) is 1.86. The molecule has 0 aromatic rings. The number of hydrogen-bond donors (Lipinski definition) is 2. The molecule has 62 valence electrons. The largest absolute Gasteiger partial charge is 0.479 e. The van der Waals surface area contributed by atoms with Crippen LogP contribution >= 0.6 is 0 Å². The summed E-state index contributed by atoms with van der Waals surface area (Å²) in [5.74, 6) is -1.84. The molecule has 1 unspecified atom stereocenters. The van der Waals surface area contributed by atoms with Gasteiger partial charge in [0, 0.05) is 6.54 Å². The van der Waals surface area contributed by atoms with E-state index >= 15 is 0 Å². The van der Waals surface area contributed by atoms with Crippen LogP contribution in [0, 0.1) is 0 Å². The van der Waals surface area contributed by atoms with Gasteiger partial charge in [-0.05, 0) is 6.92 Å². The maximum atomic E-state index is 10.9. The highest BCUT2D eigenvalue weighted by Crippen LogP contribution is 2.13. The zero-order valence-electron chi connectivity index (χ0n) is 6.09. The number of nitrogens with one attached hydrogen (secondary N) is 1. The van der Waals surface area contributed by atoms with Gasteiger partial charge in [0.25, 0.3) is 5.91 Å². The first-order chi connectivity index (χ1) is 5.07. The normalized spacial score (nSPS) is 31.2. The Morgan fingerprint density at radius 2 is 2.45 bits per heavy atom. The minimum absolute atomic E-state index is 0.245. The highest BCUT2D eigenvalue weighted by atomic mass is 16.5. The van der Waals surface area contributed by atoms with E-state index < -0.39 is 17.5 Å². The predicted molar refractivity (Wildman–Crippen MR) is 35.0 cm³/mol. The van der Waals surface area contributed by atoms with Crippen molar-refractivity contribution in [1.82, 2.24) is 5.32 Å². The first-order valence-electron chi connectivity index (χ1n) is 3.23. The average molecular weight is 159 g/mol. The Balaban J connectivity index is 2.81. The fourth-order valence-corrected chi connectivity index (χ4v) is 0.813. The van der Waals surface area contributed by atoms with Gasteiger partial charge in [-0.25, -0.2) is 4.79 Å². The molecule has 1 aliphatic heterocycles. The molecule has 1 saturated heterocycles. The van der Waals surface area contributed by atoms with Gasteiger partial charge in [-0.3, -0.25) is 4.79 Å². The quantitative estimate of drug-likeness (QED) is 0.480. The molecule has 0 spiro atoms. The molecule has 0 radical (unpaired) electrons. The van der Waals surface area contributed by atoms with Crippen molar-refractivity contribution >= 4 is 11.9 Å². The van der Waals surface area contributed by atoms with Crippen LogP contribution in [-0.4, -0.2) is 35.7 Å². The second-order valence-corrected chi connectivity index (χ2v) is 2.44. The molecule has 0 bridgehead atoms. The predicted octanol–water partition coefficient (Wildman–Crippen LogP) is -1.02. The summed E-state index contributed by atoms with van der Waals surface area (Å²) in [4.78, 5) is 21.4. The molecule has 5 heteroatoms. The van der Waals surface area contributed by atoms with Crippen LogP contribution in [0.3, 0.4) is 0 Å². The molecule has 0 aromatic carbocycles. The van der Waals surface area contributed by atoms with Crippen LogP contribution in [0.4, 0.5) is 0 Å². The molecule has 1 aliphatic rings.